The van der Waals surface area contributed by atoms with Gasteiger partial charge in [0.25, 0.3) is 0 Å². The lowest BCUT2D eigenvalue weighted by Crippen LogP contribution is -2.24. The maximum atomic E-state index is 9.76. The molecule has 0 aliphatic rings. The summed E-state index contributed by atoms with van der Waals surface area (Å²) in [6.07, 6.45) is 1.11. The Morgan fingerprint density at radius 1 is 1.50 bits per heavy atom. The number of halogens is 1. The fourth-order valence-electron chi connectivity index (χ4n) is 1.26. The number of thioether (sulfide) groups is 1. The third kappa shape index (κ3) is 6.02. The average Bonchev–Trinajstić information content (AvgIpc) is 2.36. The summed E-state index contributed by atoms with van der Waals surface area (Å²) in [6.45, 7) is 2.70. The molecule has 0 aromatic carbocycles. The van der Waals surface area contributed by atoms with Crippen LogP contribution in [-0.2, 0) is 9.47 Å². The number of hydrogen-bond donors (Lipinski definition) is 1. The highest BCUT2D eigenvalue weighted by Gasteiger charge is 2.10. The molecule has 2 unspecified atom stereocenters. The monoisotopic (exact) mass is 291 g/mol. The lowest BCUT2D eigenvalue weighted by Gasteiger charge is -2.15. The SMILES string of the molecule is COCC(C)OCC(O)CSc1ncccc1Cl. The van der Waals surface area contributed by atoms with Crippen molar-refractivity contribution in [2.45, 2.75) is 24.2 Å². The Hall–Kier alpha value is -0.330. The van der Waals surface area contributed by atoms with Gasteiger partial charge in [0, 0.05) is 19.1 Å². The number of aliphatic hydroxyl groups excluding tert-OH is 1. The van der Waals surface area contributed by atoms with Crippen molar-refractivity contribution in [1.29, 1.82) is 0 Å². The molecule has 1 aromatic rings. The van der Waals surface area contributed by atoms with E-state index in [1.165, 1.54) is 11.8 Å². The van der Waals surface area contributed by atoms with Gasteiger partial charge in [-0.05, 0) is 19.1 Å². The molecule has 1 aromatic heterocycles. The van der Waals surface area contributed by atoms with Crippen molar-refractivity contribution in [2.75, 3.05) is 26.1 Å². The van der Waals surface area contributed by atoms with Gasteiger partial charge in [-0.3, -0.25) is 0 Å². The standard InChI is InChI=1S/C12H18ClNO3S/c1-9(6-16-2)17-7-10(15)8-18-12-11(13)4-3-5-14-12/h3-5,9-10,15H,6-8H2,1-2H3. The lowest BCUT2D eigenvalue weighted by atomic mass is 10.4. The molecule has 1 N–H and O–H groups in total. The fraction of sp³-hybridized carbons (Fsp3) is 0.583. The van der Waals surface area contributed by atoms with Crippen molar-refractivity contribution < 1.29 is 14.6 Å². The van der Waals surface area contributed by atoms with Gasteiger partial charge in [0.2, 0.25) is 0 Å². The van der Waals surface area contributed by atoms with Crippen LogP contribution >= 0.6 is 23.4 Å². The molecule has 0 aliphatic carbocycles. The fourth-order valence-corrected chi connectivity index (χ4v) is 2.33. The number of pyridine rings is 1. The zero-order valence-corrected chi connectivity index (χ0v) is 12.1. The first-order valence-electron chi connectivity index (χ1n) is 5.65. The number of nitrogens with zero attached hydrogens (tertiary/aromatic N) is 1. The van der Waals surface area contributed by atoms with Crippen LogP contribution in [0.3, 0.4) is 0 Å². The molecule has 0 aliphatic heterocycles. The summed E-state index contributed by atoms with van der Waals surface area (Å²) in [6, 6.07) is 3.55. The number of aromatic nitrogens is 1. The van der Waals surface area contributed by atoms with Crippen LogP contribution in [0.2, 0.25) is 5.02 Å². The molecule has 0 saturated carbocycles. The molecule has 0 bridgehead atoms. The van der Waals surface area contributed by atoms with E-state index in [4.69, 9.17) is 21.1 Å². The van der Waals surface area contributed by atoms with Crippen molar-refractivity contribution in [3.05, 3.63) is 23.4 Å². The minimum Gasteiger partial charge on any atom is -0.390 e. The second-order valence-corrected chi connectivity index (χ2v) is 5.27. The predicted molar refractivity (Wildman–Crippen MR) is 73.3 cm³/mol. The first kappa shape index (κ1) is 15.7. The van der Waals surface area contributed by atoms with Crippen LogP contribution in [0, 0.1) is 0 Å². The first-order valence-corrected chi connectivity index (χ1v) is 7.01. The highest BCUT2D eigenvalue weighted by atomic mass is 35.5. The summed E-state index contributed by atoms with van der Waals surface area (Å²) >= 11 is 7.38. The molecular formula is C12H18ClNO3S. The van der Waals surface area contributed by atoms with Crippen LogP contribution in [0.4, 0.5) is 0 Å². The van der Waals surface area contributed by atoms with E-state index in [9.17, 15) is 5.11 Å². The van der Waals surface area contributed by atoms with E-state index in [0.717, 1.165) is 5.03 Å². The van der Waals surface area contributed by atoms with Crippen molar-refractivity contribution in [3.8, 4) is 0 Å². The van der Waals surface area contributed by atoms with Gasteiger partial charge in [-0.1, -0.05) is 11.6 Å². The molecular weight excluding hydrogens is 274 g/mol. The average molecular weight is 292 g/mol. The maximum Gasteiger partial charge on any atom is 0.115 e. The number of ether oxygens (including phenoxy) is 2. The number of methoxy groups -OCH3 is 1. The normalized spacial score (nSPS) is 14.4. The van der Waals surface area contributed by atoms with Gasteiger partial charge < -0.3 is 14.6 Å². The second-order valence-electron chi connectivity index (χ2n) is 3.85. The van der Waals surface area contributed by atoms with E-state index in [1.54, 1.807) is 25.4 Å². The predicted octanol–water partition coefficient (Wildman–Crippen LogP) is 2.24. The van der Waals surface area contributed by atoms with Crippen LogP contribution in [0.25, 0.3) is 0 Å². The van der Waals surface area contributed by atoms with Crippen LogP contribution in [0.1, 0.15) is 6.92 Å². The van der Waals surface area contributed by atoms with Crippen LogP contribution in [-0.4, -0.2) is 48.4 Å². The molecule has 18 heavy (non-hydrogen) atoms. The van der Waals surface area contributed by atoms with E-state index in [-0.39, 0.29) is 12.7 Å². The highest BCUT2D eigenvalue weighted by molar-refractivity contribution is 7.99. The Morgan fingerprint density at radius 2 is 2.28 bits per heavy atom. The van der Waals surface area contributed by atoms with Crippen molar-refractivity contribution in [1.82, 2.24) is 4.98 Å². The van der Waals surface area contributed by atoms with Gasteiger partial charge >= 0.3 is 0 Å². The molecule has 4 nitrogen and oxygen atoms in total. The quantitative estimate of drug-likeness (QED) is 0.745. The van der Waals surface area contributed by atoms with E-state index < -0.39 is 6.10 Å². The summed E-state index contributed by atoms with van der Waals surface area (Å²) in [5.41, 5.74) is 0. The highest BCUT2D eigenvalue weighted by Crippen LogP contribution is 2.24. The third-order valence-corrected chi connectivity index (χ3v) is 3.68. The summed E-state index contributed by atoms with van der Waals surface area (Å²) in [7, 11) is 1.62. The zero-order chi connectivity index (χ0) is 13.4. The van der Waals surface area contributed by atoms with Crippen molar-refractivity contribution in [3.63, 3.8) is 0 Å². The summed E-state index contributed by atoms with van der Waals surface area (Å²) < 4.78 is 10.4. The van der Waals surface area contributed by atoms with Crippen molar-refractivity contribution in [2.24, 2.45) is 0 Å². The van der Waals surface area contributed by atoms with E-state index in [2.05, 4.69) is 4.98 Å². The van der Waals surface area contributed by atoms with E-state index in [0.29, 0.717) is 17.4 Å². The molecule has 0 spiro atoms. The summed E-state index contributed by atoms with van der Waals surface area (Å²) in [4.78, 5) is 4.13. The minimum absolute atomic E-state index is 0.0203. The Labute approximate surface area is 117 Å². The maximum absolute atomic E-state index is 9.76. The third-order valence-electron chi connectivity index (χ3n) is 2.11. The number of hydrogen-bond acceptors (Lipinski definition) is 5. The number of rotatable bonds is 8. The Balaban J connectivity index is 2.25. The van der Waals surface area contributed by atoms with Gasteiger partial charge in [-0.2, -0.15) is 0 Å². The van der Waals surface area contributed by atoms with Crippen molar-refractivity contribution >= 4 is 23.4 Å². The van der Waals surface area contributed by atoms with Crippen LogP contribution in [0.5, 0.6) is 0 Å². The topological polar surface area (TPSA) is 51.6 Å². The van der Waals surface area contributed by atoms with E-state index >= 15 is 0 Å². The molecule has 1 rings (SSSR count). The zero-order valence-electron chi connectivity index (χ0n) is 10.5. The molecule has 0 saturated heterocycles. The summed E-state index contributed by atoms with van der Waals surface area (Å²) in [5, 5.41) is 11.1. The van der Waals surface area contributed by atoms with Crippen LogP contribution < -0.4 is 0 Å². The Kier molecular flexibility index (Phi) is 7.62. The lowest BCUT2D eigenvalue weighted by molar-refractivity contribution is -0.0257. The van der Waals surface area contributed by atoms with Crippen LogP contribution in [0.15, 0.2) is 23.4 Å². The molecule has 102 valence electrons. The van der Waals surface area contributed by atoms with Gasteiger partial charge in [0.1, 0.15) is 5.03 Å². The molecule has 0 amide bonds. The van der Waals surface area contributed by atoms with Gasteiger partial charge in [-0.15, -0.1) is 11.8 Å². The second kappa shape index (κ2) is 8.72. The number of aliphatic hydroxyl groups is 1. The molecule has 0 radical (unpaired) electrons. The molecule has 1 heterocycles. The Bertz CT molecular complexity index is 354. The molecule has 6 heteroatoms. The van der Waals surface area contributed by atoms with Gasteiger partial charge in [-0.25, -0.2) is 4.98 Å². The minimum atomic E-state index is -0.549. The Morgan fingerprint density at radius 3 is 2.94 bits per heavy atom. The smallest absolute Gasteiger partial charge is 0.115 e. The largest absolute Gasteiger partial charge is 0.390 e. The van der Waals surface area contributed by atoms with E-state index in [1.807, 2.05) is 6.92 Å². The van der Waals surface area contributed by atoms with Gasteiger partial charge in [0.15, 0.2) is 0 Å². The van der Waals surface area contributed by atoms with Gasteiger partial charge in [0.05, 0.1) is 30.4 Å². The first-order chi connectivity index (χ1) is 8.63. The summed E-state index contributed by atoms with van der Waals surface area (Å²) in [5.74, 6) is 0.496. The molecule has 0 fully saturated rings. The molecule has 2 atom stereocenters.